The molecule has 6 nitrogen and oxygen atoms in total. The van der Waals surface area contributed by atoms with Crippen molar-refractivity contribution >= 4 is 15.9 Å². The van der Waals surface area contributed by atoms with E-state index < -0.39 is 10.0 Å². The topological polar surface area (TPSA) is 75.7 Å². The highest BCUT2D eigenvalue weighted by molar-refractivity contribution is 7.89. The molecule has 1 amide bonds. The van der Waals surface area contributed by atoms with Crippen molar-refractivity contribution in [2.45, 2.75) is 39.0 Å². The molecule has 0 aliphatic rings. The predicted octanol–water partition coefficient (Wildman–Crippen LogP) is 2.10. The van der Waals surface area contributed by atoms with Gasteiger partial charge in [-0.05, 0) is 49.4 Å². The highest BCUT2D eigenvalue weighted by Crippen LogP contribution is 2.17. The van der Waals surface area contributed by atoms with Crippen LogP contribution in [0.5, 0.6) is 0 Å². The Balaban J connectivity index is 2.47. The van der Waals surface area contributed by atoms with Crippen LogP contribution in [0.15, 0.2) is 23.1 Å². The summed E-state index contributed by atoms with van der Waals surface area (Å²) in [5.41, 5.74) is 1.93. The van der Waals surface area contributed by atoms with Gasteiger partial charge in [0.25, 0.3) is 0 Å². The summed E-state index contributed by atoms with van der Waals surface area (Å²) in [4.78, 5) is 12.1. The van der Waals surface area contributed by atoms with Gasteiger partial charge < -0.3 is 10.1 Å². The van der Waals surface area contributed by atoms with E-state index in [1.54, 1.807) is 18.2 Å². The van der Waals surface area contributed by atoms with Crippen molar-refractivity contribution in [3.63, 3.8) is 0 Å². The number of carbonyl (C=O) groups excluding carboxylic acids is 1. The molecule has 0 heterocycles. The van der Waals surface area contributed by atoms with E-state index in [0.29, 0.717) is 32.1 Å². The summed E-state index contributed by atoms with van der Waals surface area (Å²) < 4.78 is 31.6. The molecule has 0 bridgehead atoms. The minimum absolute atomic E-state index is 0.202. The van der Waals surface area contributed by atoms with Crippen molar-refractivity contribution in [2.75, 3.05) is 33.4 Å². The van der Waals surface area contributed by atoms with Gasteiger partial charge >= 0.3 is 0 Å². The second-order valence-electron chi connectivity index (χ2n) is 6.68. The second kappa shape index (κ2) is 9.89. The molecule has 0 aromatic heterocycles. The summed E-state index contributed by atoms with van der Waals surface area (Å²) >= 11 is 0. The van der Waals surface area contributed by atoms with E-state index in [2.05, 4.69) is 19.2 Å². The van der Waals surface area contributed by atoms with Crippen LogP contribution in [0.2, 0.25) is 0 Å². The Labute approximate surface area is 151 Å². The number of rotatable bonds is 10. The quantitative estimate of drug-likeness (QED) is 0.640. The highest BCUT2D eigenvalue weighted by atomic mass is 32.2. The van der Waals surface area contributed by atoms with Crippen LogP contribution >= 0.6 is 0 Å². The number of amides is 1. The molecule has 0 fully saturated rings. The summed E-state index contributed by atoms with van der Waals surface area (Å²) in [6.07, 6.45) is 0.700. The Kier molecular flexibility index (Phi) is 8.55. The van der Waals surface area contributed by atoms with Gasteiger partial charge in [-0.15, -0.1) is 0 Å². The maximum atomic E-state index is 12.5. The van der Waals surface area contributed by atoms with Crippen molar-refractivity contribution < 1.29 is 17.9 Å². The molecule has 0 saturated heterocycles. The smallest absolute Gasteiger partial charge is 0.243 e. The number of carbonyl (C=O) groups is 1. The molecule has 0 unspecified atom stereocenters. The van der Waals surface area contributed by atoms with Crippen molar-refractivity contribution in [1.29, 1.82) is 0 Å². The number of nitrogens with zero attached hydrogens (tertiary/aromatic N) is 1. The summed E-state index contributed by atoms with van der Waals surface area (Å²) in [6, 6.07) is 4.97. The third-order valence-corrected chi connectivity index (χ3v) is 5.59. The maximum Gasteiger partial charge on any atom is 0.243 e. The molecule has 0 spiro atoms. The number of ether oxygens (including phenoxy) is 1. The van der Waals surface area contributed by atoms with Crippen LogP contribution in [0.25, 0.3) is 0 Å². The molecular formula is C18H30N2O4S. The first-order valence-electron chi connectivity index (χ1n) is 8.52. The molecule has 1 rings (SSSR count). The largest absolute Gasteiger partial charge is 0.381 e. The fraction of sp³-hybridized carbons (Fsp3) is 0.611. The van der Waals surface area contributed by atoms with Gasteiger partial charge in [0.2, 0.25) is 15.9 Å². The van der Waals surface area contributed by atoms with Gasteiger partial charge in [-0.25, -0.2) is 8.42 Å². The Hall–Kier alpha value is -1.44. The molecule has 1 aromatic rings. The lowest BCUT2D eigenvalue weighted by molar-refractivity contribution is -0.121. The first kappa shape index (κ1) is 21.6. The van der Waals surface area contributed by atoms with Crippen molar-refractivity contribution in [2.24, 2.45) is 5.92 Å². The number of hydrogen-bond donors (Lipinski definition) is 1. The molecule has 0 saturated carbocycles. The maximum absolute atomic E-state index is 12.5. The summed E-state index contributed by atoms with van der Waals surface area (Å²) in [5.74, 6) is 0.164. The number of benzene rings is 1. The average molecular weight is 371 g/mol. The van der Waals surface area contributed by atoms with E-state index >= 15 is 0 Å². The van der Waals surface area contributed by atoms with Crippen LogP contribution in [0.3, 0.4) is 0 Å². The number of aryl methyl sites for hydroxylation is 2. The van der Waals surface area contributed by atoms with Crippen LogP contribution in [-0.2, 0) is 19.6 Å². The fourth-order valence-electron chi connectivity index (χ4n) is 2.12. The number of likely N-dealkylation sites (N-methyl/N-ethyl adjacent to an activating group) is 1. The van der Waals surface area contributed by atoms with Crippen LogP contribution in [-0.4, -0.2) is 52.0 Å². The van der Waals surface area contributed by atoms with Gasteiger partial charge in [0.15, 0.2) is 0 Å². The zero-order valence-electron chi connectivity index (χ0n) is 15.8. The Morgan fingerprint density at radius 2 is 1.92 bits per heavy atom. The molecule has 0 atom stereocenters. The lowest BCUT2D eigenvalue weighted by Crippen LogP contribution is -2.38. The van der Waals surface area contributed by atoms with Gasteiger partial charge in [0.05, 0.1) is 11.4 Å². The molecule has 0 aliphatic carbocycles. The summed E-state index contributed by atoms with van der Waals surface area (Å²) in [7, 11) is -2.26. The van der Waals surface area contributed by atoms with Gasteiger partial charge in [0.1, 0.15) is 0 Å². The third kappa shape index (κ3) is 7.13. The number of hydrogen-bond acceptors (Lipinski definition) is 4. The third-order valence-electron chi connectivity index (χ3n) is 3.79. The van der Waals surface area contributed by atoms with Gasteiger partial charge in [-0.1, -0.05) is 19.9 Å². The fourth-order valence-corrected chi connectivity index (χ4v) is 3.33. The lowest BCUT2D eigenvalue weighted by atomic mass is 10.1. The van der Waals surface area contributed by atoms with E-state index in [9.17, 15) is 13.2 Å². The number of sulfonamides is 1. The molecule has 1 N–H and O–H groups in total. The Morgan fingerprint density at radius 3 is 2.52 bits per heavy atom. The van der Waals surface area contributed by atoms with Crippen LogP contribution in [0.4, 0.5) is 0 Å². The average Bonchev–Trinajstić information content (AvgIpc) is 2.52. The molecule has 142 valence electrons. The first-order valence-corrected chi connectivity index (χ1v) is 9.96. The molecule has 1 aromatic carbocycles. The van der Waals surface area contributed by atoms with Gasteiger partial charge in [-0.3, -0.25) is 4.79 Å². The molecule has 0 radical (unpaired) electrons. The van der Waals surface area contributed by atoms with Crippen LogP contribution in [0.1, 0.15) is 31.4 Å². The molecule has 7 heteroatoms. The van der Waals surface area contributed by atoms with Crippen molar-refractivity contribution in [3.05, 3.63) is 29.3 Å². The zero-order chi connectivity index (χ0) is 19.0. The Morgan fingerprint density at radius 1 is 1.24 bits per heavy atom. The summed E-state index contributed by atoms with van der Waals surface area (Å²) in [6.45, 7) is 9.48. The Bertz CT molecular complexity index is 672. The van der Waals surface area contributed by atoms with Crippen molar-refractivity contribution in [3.8, 4) is 0 Å². The number of nitrogens with one attached hydrogen (secondary N) is 1. The highest BCUT2D eigenvalue weighted by Gasteiger charge is 2.23. The van der Waals surface area contributed by atoms with E-state index in [-0.39, 0.29) is 17.3 Å². The minimum atomic E-state index is -3.67. The normalized spacial score (nSPS) is 12.0. The minimum Gasteiger partial charge on any atom is -0.381 e. The van der Waals surface area contributed by atoms with Crippen LogP contribution in [0, 0.1) is 19.8 Å². The summed E-state index contributed by atoms with van der Waals surface area (Å²) in [5, 5.41) is 2.72. The van der Waals surface area contributed by atoms with Gasteiger partial charge in [-0.2, -0.15) is 4.31 Å². The van der Waals surface area contributed by atoms with Gasteiger partial charge in [0, 0.05) is 26.8 Å². The molecular weight excluding hydrogens is 340 g/mol. The standard InChI is InChI=1S/C18H30N2O4S/c1-14(2)13-24-10-6-9-19-18(21)12-20(5)25(22,23)17-8-7-15(3)16(4)11-17/h7-8,11,14H,6,9-10,12-13H2,1-5H3,(H,19,21). The second-order valence-corrected chi connectivity index (χ2v) is 8.72. The van der Waals surface area contributed by atoms with E-state index in [4.69, 9.17) is 4.74 Å². The molecule has 25 heavy (non-hydrogen) atoms. The lowest BCUT2D eigenvalue weighted by Gasteiger charge is -2.17. The predicted molar refractivity (Wildman–Crippen MR) is 99.0 cm³/mol. The first-order chi connectivity index (χ1) is 11.6. The zero-order valence-corrected chi connectivity index (χ0v) is 16.6. The molecule has 0 aliphatic heterocycles. The SMILES string of the molecule is Cc1ccc(S(=O)(=O)N(C)CC(=O)NCCCOCC(C)C)cc1C. The van der Waals surface area contributed by atoms with E-state index in [1.807, 2.05) is 13.8 Å². The van der Waals surface area contributed by atoms with E-state index in [0.717, 1.165) is 15.4 Å². The van der Waals surface area contributed by atoms with Crippen molar-refractivity contribution in [1.82, 2.24) is 9.62 Å². The monoisotopic (exact) mass is 370 g/mol. The van der Waals surface area contributed by atoms with E-state index in [1.165, 1.54) is 7.05 Å². The van der Waals surface area contributed by atoms with Crippen LogP contribution < -0.4 is 5.32 Å².